The van der Waals surface area contributed by atoms with E-state index in [0.29, 0.717) is 11.7 Å². The van der Waals surface area contributed by atoms with E-state index in [2.05, 4.69) is 0 Å². The molecule has 0 heterocycles. The third kappa shape index (κ3) is 3.62. The molecule has 0 spiro atoms. The second-order valence-electron chi connectivity index (χ2n) is 2.86. The summed E-state index contributed by atoms with van der Waals surface area (Å²) >= 11 is 5.19. The van der Waals surface area contributed by atoms with Crippen LogP contribution in [0.3, 0.4) is 0 Å². The molecule has 1 aromatic rings. The van der Waals surface area contributed by atoms with E-state index in [1.165, 1.54) is 0 Å². The van der Waals surface area contributed by atoms with E-state index in [-0.39, 0.29) is 6.42 Å². The lowest BCUT2D eigenvalue weighted by Gasteiger charge is -2.00. The number of benzene rings is 1. The van der Waals surface area contributed by atoms with Crippen LogP contribution in [0, 0.1) is 0 Å². The van der Waals surface area contributed by atoms with Crippen molar-refractivity contribution in [2.75, 3.05) is 0 Å². The molecule has 0 fully saturated rings. The summed E-state index contributed by atoms with van der Waals surface area (Å²) in [5.41, 5.74) is 0.851. The van der Waals surface area contributed by atoms with Gasteiger partial charge in [0.15, 0.2) is 0 Å². The Hall–Kier alpha value is -0.630. The van der Waals surface area contributed by atoms with Gasteiger partial charge in [0.05, 0.1) is 0 Å². The first-order valence-corrected chi connectivity index (χ1v) is 5.83. The SMILES string of the molecule is O=C(Cl)CCc1cccc([PH](=O)O)c1. The van der Waals surface area contributed by atoms with Crippen molar-refractivity contribution in [3.8, 4) is 0 Å². The van der Waals surface area contributed by atoms with Crippen molar-refractivity contribution < 1.29 is 14.3 Å². The zero-order valence-corrected chi connectivity index (χ0v) is 9.12. The summed E-state index contributed by atoms with van der Waals surface area (Å²) in [5.74, 6) is 0. The van der Waals surface area contributed by atoms with Gasteiger partial charge in [-0.15, -0.1) is 0 Å². The Balaban J connectivity index is 2.73. The molecule has 0 saturated carbocycles. The highest BCUT2D eigenvalue weighted by Gasteiger charge is 2.02. The van der Waals surface area contributed by atoms with Crippen molar-refractivity contribution in [3.63, 3.8) is 0 Å². The first-order valence-electron chi connectivity index (χ1n) is 4.10. The highest BCUT2D eigenvalue weighted by atomic mass is 35.5. The van der Waals surface area contributed by atoms with Crippen LogP contribution in [0.2, 0.25) is 0 Å². The van der Waals surface area contributed by atoms with Gasteiger partial charge in [0.2, 0.25) is 13.3 Å². The molecular formula is C9H10ClO3P. The van der Waals surface area contributed by atoms with Gasteiger partial charge >= 0.3 is 0 Å². The lowest BCUT2D eigenvalue weighted by molar-refractivity contribution is -0.111. The molecule has 14 heavy (non-hydrogen) atoms. The Morgan fingerprint density at radius 1 is 1.50 bits per heavy atom. The maximum atomic E-state index is 10.8. The maximum absolute atomic E-state index is 10.8. The topological polar surface area (TPSA) is 54.4 Å². The smallest absolute Gasteiger partial charge is 0.221 e. The summed E-state index contributed by atoms with van der Waals surface area (Å²) in [6.45, 7) is 0. The highest BCUT2D eigenvalue weighted by Crippen LogP contribution is 2.14. The van der Waals surface area contributed by atoms with Gasteiger partial charge in [-0.3, -0.25) is 9.36 Å². The first-order chi connectivity index (χ1) is 6.59. The standard InChI is InChI=1S/C9H10ClO3P/c10-9(11)5-4-7-2-1-3-8(6-7)14(12)13/h1-3,6,14H,4-5H2,(H,12,13). The van der Waals surface area contributed by atoms with Gasteiger partial charge in [0.25, 0.3) is 0 Å². The fourth-order valence-corrected chi connectivity index (χ4v) is 1.74. The van der Waals surface area contributed by atoms with Crippen LogP contribution in [0.1, 0.15) is 12.0 Å². The molecular weight excluding hydrogens is 223 g/mol. The molecule has 0 aliphatic carbocycles. The normalized spacial score (nSPS) is 12.4. The van der Waals surface area contributed by atoms with E-state index < -0.39 is 13.3 Å². The molecule has 1 rings (SSSR count). The fraction of sp³-hybridized carbons (Fsp3) is 0.222. The van der Waals surface area contributed by atoms with Crippen LogP contribution in [-0.4, -0.2) is 10.1 Å². The minimum absolute atomic E-state index is 0.247. The van der Waals surface area contributed by atoms with Gasteiger partial charge in [-0.05, 0) is 35.7 Å². The van der Waals surface area contributed by atoms with Crippen LogP contribution in [0.4, 0.5) is 0 Å². The summed E-state index contributed by atoms with van der Waals surface area (Å²) < 4.78 is 10.8. The molecule has 1 atom stereocenters. The maximum Gasteiger partial charge on any atom is 0.221 e. The van der Waals surface area contributed by atoms with E-state index >= 15 is 0 Å². The van der Waals surface area contributed by atoms with Crippen molar-refractivity contribution in [3.05, 3.63) is 29.8 Å². The fourth-order valence-electron chi connectivity index (χ4n) is 1.10. The molecule has 0 radical (unpaired) electrons. The van der Waals surface area contributed by atoms with Gasteiger partial charge < -0.3 is 4.89 Å². The minimum atomic E-state index is -2.64. The molecule has 0 aliphatic heterocycles. The second kappa shape index (κ2) is 5.30. The Bertz CT molecular complexity index is 365. The summed E-state index contributed by atoms with van der Waals surface area (Å²) in [4.78, 5) is 19.4. The van der Waals surface area contributed by atoms with Crippen molar-refractivity contribution in [2.45, 2.75) is 12.8 Å². The molecule has 76 valence electrons. The van der Waals surface area contributed by atoms with Crippen LogP contribution < -0.4 is 5.30 Å². The van der Waals surface area contributed by atoms with E-state index in [1.54, 1.807) is 24.3 Å². The molecule has 1 aromatic carbocycles. The molecule has 5 heteroatoms. The lowest BCUT2D eigenvalue weighted by Crippen LogP contribution is -1.99. The van der Waals surface area contributed by atoms with Gasteiger partial charge in [0, 0.05) is 11.7 Å². The third-order valence-corrected chi connectivity index (χ3v) is 2.78. The molecule has 1 N–H and O–H groups in total. The Morgan fingerprint density at radius 2 is 2.21 bits per heavy atom. The molecule has 0 saturated heterocycles. The quantitative estimate of drug-likeness (QED) is 0.632. The Morgan fingerprint density at radius 3 is 2.79 bits per heavy atom. The van der Waals surface area contributed by atoms with Crippen LogP contribution in [0.25, 0.3) is 0 Å². The molecule has 0 aliphatic rings. The molecule has 0 amide bonds. The van der Waals surface area contributed by atoms with Crippen LogP contribution in [0.5, 0.6) is 0 Å². The van der Waals surface area contributed by atoms with Crippen LogP contribution >= 0.6 is 19.6 Å². The number of hydrogen-bond acceptors (Lipinski definition) is 2. The Kier molecular flexibility index (Phi) is 4.33. The van der Waals surface area contributed by atoms with Gasteiger partial charge in [-0.25, -0.2) is 0 Å². The van der Waals surface area contributed by atoms with Crippen molar-refractivity contribution in [1.29, 1.82) is 0 Å². The number of aryl methyl sites for hydroxylation is 1. The molecule has 3 nitrogen and oxygen atoms in total. The number of halogens is 1. The van der Waals surface area contributed by atoms with Gasteiger partial charge in [-0.2, -0.15) is 0 Å². The van der Waals surface area contributed by atoms with E-state index in [9.17, 15) is 9.36 Å². The predicted molar refractivity (Wildman–Crippen MR) is 56.5 cm³/mol. The summed E-state index contributed by atoms with van der Waals surface area (Å²) in [7, 11) is -2.64. The van der Waals surface area contributed by atoms with Gasteiger partial charge in [0.1, 0.15) is 0 Å². The average molecular weight is 233 g/mol. The highest BCUT2D eigenvalue weighted by molar-refractivity contribution is 7.47. The average Bonchev–Trinajstić information content (AvgIpc) is 2.15. The van der Waals surface area contributed by atoms with E-state index in [4.69, 9.17) is 16.5 Å². The largest absolute Gasteiger partial charge is 0.343 e. The molecule has 0 bridgehead atoms. The van der Waals surface area contributed by atoms with E-state index in [1.807, 2.05) is 0 Å². The first kappa shape index (κ1) is 11.4. The summed E-state index contributed by atoms with van der Waals surface area (Å²) in [6.07, 6.45) is 0.753. The zero-order valence-electron chi connectivity index (χ0n) is 7.37. The van der Waals surface area contributed by atoms with E-state index in [0.717, 1.165) is 5.56 Å². The number of carbonyl (C=O) groups is 1. The monoisotopic (exact) mass is 232 g/mol. The van der Waals surface area contributed by atoms with Crippen molar-refractivity contribution in [2.24, 2.45) is 0 Å². The number of hydrogen-bond donors (Lipinski definition) is 1. The number of carbonyl (C=O) groups excluding carboxylic acids is 1. The summed E-state index contributed by atoms with van der Waals surface area (Å²) in [5, 5.41) is 0.0153. The number of rotatable bonds is 4. The van der Waals surface area contributed by atoms with Crippen molar-refractivity contribution in [1.82, 2.24) is 0 Å². The lowest BCUT2D eigenvalue weighted by atomic mass is 10.1. The zero-order chi connectivity index (χ0) is 10.6. The summed E-state index contributed by atoms with van der Waals surface area (Å²) in [6, 6.07) is 6.71. The van der Waals surface area contributed by atoms with Crippen molar-refractivity contribution >= 4 is 30.2 Å². The van der Waals surface area contributed by atoms with Gasteiger partial charge in [-0.1, -0.05) is 12.1 Å². The molecule has 1 unspecified atom stereocenters. The second-order valence-corrected chi connectivity index (χ2v) is 4.47. The van der Waals surface area contributed by atoms with Crippen LogP contribution in [-0.2, 0) is 15.8 Å². The minimum Gasteiger partial charge on any atom is -0.343 e. The third-order valence-electron chi connectivity index (χ3n) is 1.78. The Labute approximate surface area is 87.6 Å². The molecule has 0 aromatic heterocycles. The predicted octanol–water partition coefficient (Wildman–Crippen LogP) is 1.48. The van der Waals surface area contributed by atoms with Crippen LogP contribution in [0.15, 0.2) is 24.3 Å².